The summed E-state index contributed by atoms with van der Waals surface area (Å²) in [6, 6.07) is 10.0. The molecule has 1 atom stereocenters. The van der Waals surface area contributed by atoms with Crippen molar-refractivity contribution in [2.24, 2.45) is 0 Å². The molecule has 0 bridgehead atoms. The number of hydrogen-bond donors (Lipinski definition) is 0. The third kappa shape index (κ3) is 3.92. The van der Waals surface area contributed by atoms with Gasteiger partial charge in [0.2, 0.25) is 0 Å². The summed E-state index contributed by atoms with van der Waals surface area (Å²) in [5.74, 6) is 0.943. The van der Waals surface area contributed by atoms with Gasteiger partial charge in [-0.25, -0.2) is 12.7 Å². The molecule has 1 fully saturated rings. The Hall–Kier alpha value is -2.49. The number of rotatable bonds is 5. The molecule has 0 aliphatic carbocycles. The van der Waals surface area contributed by atoms with Crippen LogP contribution in [0.3, 0.4) is 0 Å². The van der Waals surface area contributed by atoms with Gasteiger partial charge in [0, 0.05) is 43.3 Å². The van der Waals surface area contributed by atoms with Gasteiger partial charge in [-0.1, -0.05) is 30.7 Å². The van der Waals surface area contributed by atoms with Crippen LogP contribution in [-0.2, 0) is 10.0 Å². The molecule has 0 N–H and O–H groups in total. The van der Waals surface area contributed by atoms with E-state index in [1.807, 2.05) is 13.0 Å². The van der Waals surface area contributed by atoms with Crippen molar-refractivity contribution < 1.29 is 22.7 Å². The van der Waals surface area contributed by atoms with E-state index in [1.165, 1.54) is 6.07 Å². The zero-order valence-corrected chi connectivity index (χ0v) is 19.9. The van der Waals surface area contributed by atoms with Gasteiger partial charge in [0.1, 0.15) is 18.1 Å². The largest absolute Gasteiger partial charge is 0.486 e. The molecule has 0 radical (unpaired) electrons. The molecule has 3 aliphatic rings. The predicted molar refractivity (Wildman–Crippen MR) is 125 cm³/mol. The number of sulfonamides is 1. The number of amides is 1. The standard InChI is InChI=1S/C23H26ClN3O5S/c1-2-17(15-27-23(28)18-5-3-4-6-21(18)33(27,29)30)25-7-9-26(10-8-25)19-13-16(24)14-20-22(19)32-12-11-31-20/h3-6,13-14,17H,2,7-12,15H2,1H3. The first kappa shape index (κ1) is 22.3. The molecular formula is C23H26ClN3O5S. The number of hydrogen-bond acceptors (Lipinski definition) is 7. The molecule has 10 heteroatoms. The normalized spacial score (nSPS) is 20.6. The molecule has 5 rings (SSSR count). The number of ether oxygens (including phenoxy) is 2. The monoisotopic (exact) mass is 491 g/mol. The highest BCUT2D eigenvalue weighted by atomic mass is 35.5. The van der Waals surface area contributed by atoms with Gasteiger partial charge in [-0.3, -0.25) is 9.69 Å². The molecule has 8 nitrogen and oxygen atoms in total. The average Bonchev–Trinajstić information content (AvgIpc) is 3.02. The quantitative estimate of drug-likeness (QED) is 0.636. The second kappa shape index (κ2) is 8.70. The average molecular weight is 492 g/mol. The number of anilines is 1. The number of nitrogens with zero attached hydrogens (tertiary/aromatic N) is 3. The van der Waals surface area contributed by atoms with Crippen LogP contribution < -0.4 is 14.4 Å². The SMILES string of the molecule is CCC(CN1C(=O)c2ccccc2S1(=O)=O)N1CCN(c2cc(Cl)cc3c2OCCO3)CC1. The van der Waals surface area contributed by atoms with Crippen molar-refractivity contribution in [1.29, 1.82) is 0 Å². The van der Waals surface area contributed by atoms with Crippen LogP contribution in [0, 0.1) is 0 Å². The third-order valence-electron chi connectivity index (χ3n) is 6.52. The van der Waals surface area contributed by atoms with Crippen molar-refractivity contribution in [2.45, 2.75) is 24.3 Å². The van der Waals surface area contributed by atoms with Crippen molar-refractivity contribution in [1.82, 2.24) is 9.21 Å². The molecule has 0 saturated carbocycles. The van der Waals surface area contributed by atoms with Crippen LogP contribution in [0.4, 0.5) is 5.69 Å². The van der Waals surface area contributed by atoms with Gasteiger partial charge in [-0.05, 0) is 24.6 Å². The number of carbonyl (C=O) groups is 1. The van der Waals surface area contributed by atoms with E-state index in [-0.39, 0.29) is 23.0 Å². The Morgan fingerprint density at radius 2 is 1.79 bits per heavy atom. The van der Waals surface area contributed by atoms with Gasteiger partial charge in [0.25, 0.3) is 15.9 Å². The van der Waals surface area contributed by atoms with Crippen molar-refractivity contribution in [3.8, 4) is 11.5 Å². The fourth-order valence-corrected chi connectivity index (χ4v) is 6.58. The van der Waals surface area contributed by atoms with Crippen LogP contribution in [0.25, 0.3) is 0 Å². The van der Waals surface area contributed by atoms with E-state index in [0.29, 0.717) is 24.0 Å². The minimum absolute atomic E-state index is 0.0620. The molecule has 3 aliphatic heterocycles. The van der Waals surface area contributed by atoms with Gasteiger partial charge >= 0.3 is 0 Å². The second-order valence-corrected chi connectivity index (χ2v) is 10.6. The number of piperazine rings is 1. The number of carbonyl (C=O) groups excluding carboxylic acids is 1. The summed E-state index contributed by atoms with van der Waals surface area (Å²) in [6.45, 7) is 6.10. The summed E-state index contributed by atoms with van der Waals surface area (Å²) in [5.41, 5.74) is 1.17. The third-order valence-corrected chi connectivity index (χ3v) is 8.54. The van der Waals surface area contributed by atoms with Crippen LogP contribution in [0.2, 0.25) is 5.02 Å². The molecule has 0 spiro atoms. The van der Waals surface area contributed by atoms with Gasteiger partial charge in [-0.2, -0.15) is 0 Å². The molecule has 0 aromatic heterocycles. The zero-order chi connectivity index (χ0) is 23.2. The minimum atomic E-state index is -3.81. The lowest BCUT2D eigenvalue weighted by Gasteiger charge is -2.41. The molecule has 176 valence electrons. The number of fused-ring (bicyclic) bond motifs is 2. The summed E-state index contributed by atoms with van der Waals surface area (Å²) in [7, 11) is -3.81. The summed E-state index contributed by atoms with van der Waals surface area (Å²) in [5, 5.41) is 0.598. The van der Waals surface area contributed by atoms with Crippen LogP contribution in [-0.4, -0.2) is 75.5 Å². The number of benzene rings is 2. The van der Waals surface area contributed by atoms with Crippen LogP contribution in [0.5, 0.6) is 11.5 Å². The number of halogens is 1. The Morgan fingerprint density at radius 3 is 2.52 bits per heavy atom. The fraction of sp³-hybridized carbons (Fsp3) is 0.435. The highest BCUT2D eigenvalue weighted by molar-refractivity contribution is 7.90. The van der Waals surface area contributed by atoms with E-state index in [9.17, 15) is 13.2 Å². The minimum Gasteiger partial charge on any atom is -0.486 e. The molecule has 1 amide bonds. The maximum absolute atomic E-state index is 13.0. The summed E-state index contributed by atoms with van der Waals surface area (Å²) < 4.78 is 38.6. The predicted octanol–water partition coefficient (Wildman–Crippen LogP) is 2.86. The summed E-state index contributed by atoms with van der Waals surface area (Å²) >= 11 is 6.31. The van der Waals surface area contributed by atoms with Crippen molar-refractivity contribution in [2.75, 3.05) is 50.8 Å². The first-order valence-electron chi connectivity index (χ1n) is 11.1. The molecule has 2 aromatic carbocycles. The highest BCUT2D eigenvalue weighted by Crippen LogP contribution is 2.42. The smallest absolute Gasteiger partial charge is 0.269 e. The van der Waals surface area contributed by atoms with E-state index in [4.69, 9.17) is 21.1 Å². The van der Waals surface area contributed by atoms with Crippen molar-refractivity contribution in [3.05, 3.63) is 47.0 Å². The van der Waals surface area contributed by atoms with E-state index in [2.05, 4.69) is 9.80 Å². The van der Waals surface area contributed by atoms with Crippen molar-refractivity contribution >= 4 is 33.2 Å². The molecule has 1 unspecified atom stereocenters. The lowest BCUT2D eigenvalue weighted by molar-refractivity contribution is 0.0819. The van der Waals surface area contributed by atoms with E-state index >= 15 is 0 Å². The first-order valence-corrected chi connectivity index (χ1v) is 13.0. The van der Waals surface area contributed by atoms with Gasteiger partial charge in [0.05, 0.1) is 17.8 Å². The van der Waals surface area contributed by atoms with E-state index in [1.54, 1.807) is 24.3 Å². The first-order chi connectivity index (χ1) is 15.9. The van der Waals surface area contributed by atoms with Gasteiger partial charge < -0.3 is 14.4 Å². The maximum atomic E-state index is 13.0. The Kier molecular flexibility index (Phi) is 5.88. The molecule has 3 heterocycles. The second-order valence-electron chi connectivity index (χ2n) is 8.37. The summed E-state index contributed by atoms with van der Waals surface area (Å²) in [6.07, 6.45) is 0.735. The Morgan fingerprint density at radius 1 is 1.06 bits per heavy atom. The molecule has 33 heavy (non-hydrogen) atoms. The van der Waals surface area contributed by atoms with Crippen molar-refractivity contribution in [3.63, 3.8) is 0 Å². The highest BCUT2D eigenvalue weighted by Gasteiger charge is 2.42. The molecule has 1 saturated heterocycles. The summed E-state index contributed by atoms with van der Waals surface area (Å²) in [4.78, 5) is 17.4. The van der Waals surface area contributed by atoms with E-state index in [0.717, 1.165) is 48.3 Å². The zero-order valence-electron chi connectivity index (χ0n) is 18.4. The topological polar surface area (TPSA) is 79.4 Å². The lowest BCUT2D eigenvalue weighted by Crippen LogP contribution is -2.53. The van der Waals surface area contributed by atoms with Crippen LogP contribution in [0.15, 0.2) is 41.3 Å². The van der Waals surface area contributed by atoms with Crippen LogP contribution >= 0.6 is 11.6 Å². The Bertz CT molecular complexity index is 1180. The van der Waals surface area contributed by atoms with Crippen LogP contribution in [0.1, 0.15) is 23.7 Å². The van der Waals surface area contributed by atoms with Gasteiger partial charge in [-0.15, -0.1) is 0 Å². The maximum Gasteiger partial charge on any atom is 0.269 e. The Labute approximate surface area is 198 Å². The fourth-order valence-electron chi connectivity index (χ4n) is 4.77. The van der Waals surface area contributed by atoms with E-state index < -0.39 is 15.9 Å². The molecular weight excluding hydrogens is 466 g/mol. The van der Waals surface area contributed by atoms with Gasteiger partial charge in [0.15, 0.2) is 11.5 Å². The lowest BCUT2D eigenvalue weighted by atomic mass is 10.1. The Balaban J connectivity index is 1.29. The molecule has 2 aromatic rings.